The summed E-state index contributed by atoms with van der Waals surface area (Å²) < 4.78 is 2.01. The summed E-state index contributed by atoms with van der Waals surface area (Å²) in [5, 5.41) is 9.65. The van der Waals surface area contributed by atoms with Crippen LogP contribution in [0, 0.1) is 13.8 Å². The SMILES string of the molecule is Cc1c(C(C)O)c(C)n2cnccc12. The van der Waals surface area contributed by atoms with Gasteiger partial charge in [-0.15, -0.1) is 0 Å². The Morgan fingerprint density at radius 2 is 2.14 bits per heavy atom. The summed E-state index contributed by atoms with van der Waals surface area (Å²) in [6.45, 7) is 5.83. The molecule has 2 aromatic rings. The molecule has 3 heteroatoms. The fourth-order valence-electron chi connectivity index (χ4n) is 2.09. The van der Waals surface area contributed by atoms with Crippen LogP contribution in [-0.2, 0) is 0 Å². The van der Waals surface area contributed by atoms with Gasteiger partial charge in [-0.2, -0.15) is 0 Å². The van der Waals surface area contributed by atoms with E-state index in [1.54, 1.807) is 19.4 Å². The van der Waals surface area contributed by atoms with Crippen LogP contribution < -0.4 is 0 Å². The van der Waals surface area contributed by atoms with Crippen molar-refractivity contribution < 1.29 is 5.11 Å². The van der Waals surface area contributed by atoms with Gasteiger partial charge in [0.25, 0.3) is 0 Å². The topological polar surface area (TPSA) is 37.5 Å². The molecule has 1 unspecified atom stereocenters. The van der Waals surface area contributed by atoms with Crippen molar-refractivity contribution in [2.24, 2.45) is 0 Å². The molecule has 0 amide bonds. The first-order valence-corrected chi connectivity index (χ1v) is 4.72. The normalized spacial score (nSPS) is 13.4. The zero-order valence-electron chi connectivity index (χ0n) is 8.65. The van der Waals surface area contributed by atoms with Crippen molar-refractivity contribution >= 4 is 5.52 Å². The second-order valence-electron chi connectivity index (χ2n) is 3.64. The first-order valence-electron chi connectivity index (χ1n) is 4.72. The number of nitrogens with zero attached hydrogens (tertiary/aromatic N) is 2. The van der Waals surface area contributed by atoms with Crippen LogP contribution in [0.5, 0.6) is 0 Å². The molecule has 0 aliphatic rings. The Kier molecular flexibility index (Phi) is 2.04. The van der Waals surface area contributed by atoms with E-state index in [1.165, 1.54) is 0 Å². The van der Waals surface area contributed by atoms with E-state index >= 15 is 0 Å². The minimum Gasteiger partial charge on any atom is -0.389 e. The largest absolute Gasteiger partial charge is 0.389 e. The van der Waals surface area contributed by atoms with Crippen LogP contribution in [0.1, 0.15) is 29.8 Å². The van der Waals surface area contributed by atoms with E-state index in [4.69, 9.17) is 0 Å². The van der Waals surface area contributed by atoms with Crippen molar-refractivity contribution in [1.82, 2.24) is 9.38 Å². The second-order valence-corrected chi connectivity index (χ2v) is 3.64. The van der Waals surface area contributed by atoms with E-state index < -0.39 is 6.10 Å². The minimum atomic E-state index is -0.421. The highest BCUT2D eigenvalue weighted by molar-refractivity contribution is 5.60. The summed E-state index contributed by atoms with van der Waals surface area (Å²) in [6, 6.07) is 1.97. The molecule has 2 heterocycles. The van der Waals surface area contributed by atoms with Gasteiger partial charge in [0.1, 0.15) is 0 Å². The molecule has 0 aliphatic heterocycles. The zero-order chi connectivity index (χ0) is 10.3. The number of aliphatic hydroxyl groups is 1. The number of aromatic nitrogens is 2. The summed E-state index contributed by atoms with van der Waals surface area (Å²) in [6.07, 6.45) is 3.13. The van der Waals surface area contributed by atoms with Crippen molar-refractivity contribution in [1.29, 1.82) is 0 Å². The van der Waals surface area contributed by atoms with Crippen LogP contribution in [0.3, 0.4) is 0 Å². The fraction of sp³-hybridized carbons (Fsp3) is 0.364. The van der Waals surface area contributed by atoms with Crippen LogP contribution >= 0.6 is 0 Å². The van der Waals surface area contributed by atoms with Crippen molar-refractivity contribution in [2.75, 3.05) is 0 Å². The first-order chi connectivity index (χ1) is 6.63. The lowest BCUT2D eigenvalue weighted by molar-refractivity contribution is 0.198. The number of aryl methyl sites for hydroxylation is 2. The summed E-state index contributed by atoms with van der Waals surface area (Å²) in [4.78, 5) is 4.07. The van der Waals surface area contributed by atoms with Crippen LogP contribution in [0.2, 0.25) is 0 Å². The monoisotopic (exact) mass is 190 g/mol. The molecular formula is C11H14N2O. The number of fused-ring (bicyclic) bond motifs is 1. The van der Waals surface area contributed by atoms with Gasteiger partial charge >= 0.3 is 0 Å². The van der Waals surface area contributed by atoms with Gasteiger partial charge in [-0.3, -0.25) is 0 Å². The van der Waals surface area contributed by atoms with Gasteiger partial charge in [0.2, 0.25) is 0 Å². The van der Waals surface area contributed by atoms with Crippen LogP contribution in [-0.4, -0.2) is 14.5 Å². The van der Waals surface area contributed by atoms with Gasteiger partial charge in [0.05, 0.1) is 17.9 Å². The summed E-state index contributed by atoms with van der Waals surface area (Å²) in [5.41, 5.74) is 4.34. The van der Waals surface area contributed by atoms with Gasteiger partial charge in [-0.1, -0.05) is 0 Å². The summed E-state index contributed by atoms with van der Waals surface area (Å²) in [5.74, 6) is 0. The first kappa shape index (κ1) is 9.21. The molecule has 0 fully saturated rings. The molecule has 0 saturated heterocycles. The summed E-state index contributed by atoms with van der Waals surface area (Å²) >= 11 is 0. The molecule has 2 aromatic heterocycles. The van der Waals surface area contributed by atoms with Crippen molar-refractivity contribution in [2.45, 2.75) is 26.9 Å². The second kappa shape index (κ2) is 3.10. The average Bonchev–Trinajstić information content (AvgIpc) is 2.41. The highest BCUT2D eigenvalue weighted by Gasteiger charge is 2.15. The summed E-state index contributed by atoms with van der Waals surface area (Å²) in [7, 11) is 0. The smallest absolute Gasteiger partial charge is 0.0992 e. The van der Waals surface area contributed by atoms with Crippen LogP contribution in [0.15, 0.2) is 18.6 Å². The van der Waals surface area contributed by atoms with E-state index in [2.05, 4.69) is 4.98 Å². The van der Waals surface area contributed by atoms with E-state index in [0.717, 1.165) is 22.3 Å². The number of aliphatic hydroxyl groups excluding tert-OH is 1. The number of hydrogen-bond donors (Lipinski definition) is 1. The predicted molar refractivity (Wildman–Crippen MR) is 55.3 cm³/mol. The van der Waals surface area contributed by atoms with E-state index in [-0.39, 0.29) is 0 Å². The van der Waals surface area contributed by atoms with Gasteiger partial charge in [-0.05, 0) is 32.4 Å². The predicted octanol–water partition coefficient (Wildman–Crippen LogP) is 2.00. The van der Waals surface area contributed by atoms with Crippen molar-refractivity contribution in [3.05, 3.63) is 35.4 Å². The third kappa shape index (κ3) is 1.13. The maximum atomic E-state index is 9.65. The highest BCUT2D eigenvalue weighted by Crippen LogP contribution is 2.26. The Bertz CT molecular complexity index is 432. The maximum absolute atomic E-state index is 9.65. The van der Waals surface area contributed by atoms with E-state index in [9.17, 15) is 5.11 Å². The Labute approximate surface area is 83.0 Å². The third-order valence-corrected chi connectivity index (χ3v) is 2.72. The van der Waals surface area contributed by atoms with Crippen LogP contribution in [0.4, 0.5) is 0 Å². The Balaban J connectivity index is 2.85. The standard InChI is InChI=1S/C11H14N2O/c1-7-10-4-5-12-6-13(10)8(2)11(7)9(3)14/h4-6,9,14H,1-3H3. The fourth-order valence-corrected chi connectivity index (χ4v) is 2.09. The molecule has 1 N–H and O–H groups in total. The number of rotatable bonds is 1. The minimum absolute atomic E-state index is 0.421. The Morgan fingerprint density at radius 1 is 1.43 bits per heavy atom. The third-order valence-electron chi connectivity index (χ3n) is 2.72. The highest BCUT2D eigenvalue weighted by atomic mass is 16.3. The molecular weight excluding hydrogens is 176 g/mol. The van der Waals surface area contributed by atoms with Gasteiger partial charge in [0.15, 0.2) is 0 Å². The average molecular weight is 190 g/mol. The molecule has 14 heavy (non-hydrogen) atoms. The molecule has 0 aromatic carbocycles. The molecule has 0 radical (unpaired) electrons. The molecule has 0 bridgehead atoms. The Hall–Kier alpha value is -1.35. The maximum Gasteiger partial charge on any atom is 0.0992 e. The van der Waals surface area contributed by atoms with E-state index in [1.807, 2.05) is 24.3 Å². The van der Waals surface area contributed by atoms with Crippen molar-refractivity contribution in [3.8, 4) is 0 Å². The van der Waals surface area contributed by atoms with Gasteiger partial charge in [0, 0.05) is 17.5 Å². The lowest BCUT2D eigenvalue weighted by Gasteiger charge is -2.04. The lowest BCUT2D eigenvalue weighted by atomic mass is 10.1. The molecule has 3 nitrogen and oxygen atoms in total. The van der Waals surface area contributed by atoms with Gasteiger partial charge in [-0.25, -0.2) is 4.98 Å². The molecule has 0 spiro atoms. The van der Waals surface area contributed by atoms with Gasteiger partial charge < -0.3 is 9.51 Å². The van der Waals surface area contributed by atoms with Crippen LogP contribution in [0.25, 0.3) is 5.52 Å². The molecule has 1 atom stereocenters. The lowest BCUT2D eigenvalue weighted by Crippen LogP contribution is -1.95. The van der Waals surface area contributed by atoms with Crippen molar-refractivity contribution in [3.63, 3.8) is 0 Å². The molecule has 0 saturated carbocycles. The Morgan fingerprint density at radius 3 is 2.71 bits per heavy atom. The van der Waals surface area contributed by atoms with E-state index in [0.29, 0.717) is 0 Å². The molecule has 0 aliphatic carbocycles. The zero-order valence-corrected chi connectivity index (χ0v) is 8.65. The quantitative estimate of drug-likeness (QED) is 0.746. The molecule has 74 valence electrons. The molecule has 2 rings (SSSR count). The number of hydrogen-bond acceptors (Lipinski definition) is 2.